The minimum absolute atomic E-state index is 0.376. The zero-order chi connectivity index (χ0) is 23.4. The summed E-state index contributed by atoms with van der Waals surface area (Å²) in [6.45, 7) is 1.78. The molecule has 6 nitrogen and oxygen atoms in total. The lowest BCUT2D eigenvalue weighted by molar-refractivity contribution is -0.139. The van der Waals surface area contributed by atoms with Gasteiger partial charge in [-0.2, -0.15) is 13.2 Å². The van der Waals surface area contributed by atoms with E-state index in [9.17, 15) is 18.0 Å². The second kappa shape index (κ2) is 9.58. The first kappa shape index (κ1) is 22.7. The molecule has 33 heavy (non-hydrogen) atoms. The van der Waals surface area contributed by atoms with Crippen molar-refractivity contribution in [2.45, 2.75) is 25.6 Å². The van der Waals surface area contributed by atoms with E-state index in [1.165, 1.54) is 17.7 Å². The Balaban J connectivity index is 1.42. The first-order valence-corrected chi connectivity index (χ1v) is 10.5. The summed E-state index contributed by atoms with van der Waals surface area (Å²) in [5, 5.41) is 8.78. The number of hydrogen-bond acceptors (Lipinski definition) is 5. The van der Waals surface area contributed by atoms with Gasteiger partial charge < -0.3 is 9.84 Å². The van der Waals surface area contributed by atoms with Crippen molar-refractivity contribution >= 4 is 5.97 Å². The SMILES string of the molecule is O=C(O)COc1ccc2c(c1)CCN(Cc1cncc(-c3ccc(C(F)(F)F)cc3)n1)CC2. The largest absolute Gasteiger partial charge is 0.482 e. The quantitative estimate of drug-likeness (QED) is 0.597. The van der Waals surface area contributed by atoms with Crippen LogP contribution in [0.3, 0.4) is 0 Å². The first-order valence-electron chi connectivity index (χ1n) is 10.5. The Morgan fingerprint density at radius 2 is 1.76 bits per heavy atom. The molecule has 9 heteroatoms. The van der Waals surface area contributed by atoms with Crippen LogP contribution in [0.15, 0.2) is 54.9 Å². The summed E-state index contributed by atoms with van der Waals surface area (Å²) in [5.74, 6) is -0.476. The van der Waals surface area contributed by atoms with E-state index in [-0.39, 0.29) is 6.61 Å². The highest BCUT2D eigenvalue weighted by Crippen LogP contribution is 2.30. The predicted octanol–water partition coefficient (Wildman–Crippen LogP) is 4.23. The second-order valence-corrected chi connectivity index (χ2v) is 7.86. The van der Waals surface area contributed by atoms with E-state index >= 15 is 0 Å². The maximum absolute atomic E-state index is 12.8. The van der Waals surface area contributed by atoms with Crippen molar-refractivity contribution in [2.75, 3.05) is 19.7 Å². The fourth-order valence-corrected chi connectivity index (χ4v) is 3.82. The number of fused-ring (bicyclic) bond motifs is 1. The van der Waals surface area contributed by atoms with Crippen molar-refractivity contribution in [2.24, 2.45) is 0 Å². The molecule has 1 aromatic heterocycles. The normalized spacial score (nSPS) is 14.4. The molecule has 0 saturated heterocycles. The molecule has 0 atom stereocenters. The first-order chi connectivity index (χ1) is 15.8. The minimum Gasteiger partial charge on any atom is -0.482 e. The van der Waals surface area contributed by atoms with Gasteiger partial charge in [-0.3, -0.25) is 9.88 Å². The summed E-state index contributed by atoms with van der Waals surface area (Å²) in [5.41, 5.74) is 3.48. The molecule has 2 heterocycles. The van der Waals surface area contributed by atoms with Crippen LogP contribution in [-0.2, 0) is 30.4 Å². The molecule has 3 aromatic rings. The number of rotatable bonds is 6. The van der Waals surface area contributed by atoms with Gasteiger partial charge in [0.05, 0.1) is 23.1 Å². The Morgan fingerprint density at radius 1 is 1.03 bits per heavy atom. The van der Waals surface area contributed by atoms with Crippen molar-refractivity contribution in [3.8, 4) is 17.0 Å². The maximum atomic E-state index is 12.8. The molecule has 1 aliphatic rings. The van der Waals surface area contributed by atoms with Gasteiger partial charge in [-0.05, 0) is 48.2 Å². The van der Waals surface area contributed by atoms with E-state index in [1.807, 2.05) is 12.1 Å². The molecule has 172 valence electrons. The molecule has 0 saturated carbocycles. The number of carboxylic acids is 1. The van der Waals surface area contributed by atoms with Crippen molar-refractivity contribution in [3.05, 3.63) is 77.2 Å². The Bertz CT molecular complexity index is 1130. The van der Waals surface area contributed by atoms with Crippen molar-refractivity contribution in [1.29, 1.82) is 0 Å². The van der Waals surface area contributed by atoms with E-state index in [2.05, 4.69) is 14.9 Å². The number of halogens is 3. The lowest BCUT2D eigenvalue weighted by atomic mass is 10.0. The molecule has 0 fully saturated rings. The molecule has 0 amide bonds. The molecule has 2 aromatic carbocycles. The van der Waals surface area contributed by atoms with Gasteiger partial charge in [0.1, 0.15) is 5.75 Å². The van der Waals surface area contributed by atoms with Gasteiger partial charge in [0.2, 0.25) is 0 Å². The Hall–Kier alpha value is -3.46. The minimum atomic E-state index is -4.38. The molecule has 0 bridgehead atoms. The average Bonchev–Trinajstić information content (AvgIpc) is 2.99. The average molecular weight is 457 g/mol. The molecule has 0 radical (unpaired) electrons. The van der Waals surface area contributed by atoms with E-state index in [4.69, 9.17) is 9.84 Å². The van der Waals surface area contributed by atoms with Gasteiger partial charge in [0.15, 0.2) is 6.61 Å². The summed E-state index contributed by atoms with van der Waals surface area (Å²) in [4.78, 5) is 21.8. The lowest BCUT2D eigenvalue weighted by Gasteiger charge is -2.19. The van der Waals surface area contributed by atoms with Gasteiger partial charge in [0.25, 0.3) is 0 Å². The number of aromatic nitrogens is 2. The smallest absolute Gasteiger partial charge is 0.416 e. The standard InChI is InChI=1S/C24H22F3N3O3/c25-24(26,27)19-4-1-17(2-5-19)22-13-28-12-20(29-22)14-30-9-7-16-3-6-21(33-15-23(31)32)11-18(16)8-10-30/h1-6,11-13H,7-10,14-15H2,(H,31,32). The van der Waals surface area contributed by atoms with Crippen LogP contribution in [0.1, 0.15) is 22.4 Å². The second-order valence-electron chi connectivity index (χ2n) is 7.86. The number of nitrogens with zero attached hydrogens (tertiary/aromatic N) is 3. The van der Waals surface area contributed by atoms with E-state index < -0.39 is 17.7 Å². The van der Waals surface area contributed by atoms with Crippen LogP contribution in [-0.4, -0.2) is 45.6 Å². The number of hydrogen-bond donors (Lipinski definition) is 1. The predicted molar refractivity (Wildman–Crippen MR) is 115 cm³/mol. The molecule has 4 rings (SSSR count). The maximum Gasteiger partial charge on any atom is 0.416 e. The fourth-order valence-electron chi connectivity index (χ4n) is 3.82. The lowest BCUT2D eigenvalue weighted by Crippen LogP contribution is -2.26. The summed E-state index contributed by atoms with van der Waals surface area (Å²) in [7, 11) is 0. The Labute approximate surface area is 188 Å². The molecule has 1 aliphatic heterocycles. The van der Waals surface area contributed by atoms with Gasteiger partial charge in [0, 0.05) is 31.4 Å². The number of aliphatic carboxylic acids is 1. The fraction of sp³-hybridized carbons (Fsp3) is 0.292. The molecular formula is C24H22F3N3O3. The topological polar surface area (TPSA) is 75.6 Å². The highest BCUT2D eigenvalue weighted by molar-refractivity contribution is 5.68. The van der Waals surface area contributed by atoms with Crippen molar-refractivity contribution in [1.82, 2.24) is 14.9 Å². The van der Waals surface area contributed by atoms with Gasteiger partial charge in [-0.25, -0.2) is 9.78 Å². The van der Waals surface area contributed by atoms with Crippen LogP contribution < -0.4 is 4.74 Å². The van der Waals surface area contributed by atoms with Crippen LogP contribution in [0.5, 0.6) is 5.75 Å². The number of carbonyl (C=O) groups is 1. The Kier molecular flexibility index (Phi) is 6.60. The van der Waals surface area contributed by atoms with Crippen LogP contribution in [0.25, 0.3) is 11.3 Å². The summed E-state index contributed by atoms with van der Waals surface area (Å²) in [6.07, 6.45) is 0.457. The van der Waals surface area contributed by atoms with Crippen LogP contribution in [0.4, 0.5) is 13.2 Å². The number of carboxylic acid groups (broad SMARTS) is 1. The van der Waals surface area contributed by atoms with Crippen LogP contribution in [0, 0.1) is 0 Å². The molecule has 1 N–H and O–H groups in total. The highest BCUT2D eigenvalue weighted by Gasteiger charge is 2.30. The third-order valence-corrected chi connectivity index (χ3v) is 5.51. The third kappa shape index (κ3) is 5.87. The zero-order valence-corrected chi connectivity index (χ0v) is 17.7. The summed E-state index contributed by atoms with van der Waals surface area (Å²) < 4.78 is 43.7. The molecule has 0 aliphatic carbocycles. The number of ether oxygens (including phenoxy) is 1. The Morgan fingerprint density at radius 3 is 2.45 bits per heavy atom. The third-order valence-electron chi connectivity index (χ3n) is 5.51. The van der Waals surface area contributed by atoms with Crippen LogP contribution in [0.2, 0.25) is 0 Å². The van der Waals surface area contributed by atoms with Crippen LogP contribution >= 0.6 is 0 Å². The van der Waals surface area contributed by atoms with Crippen molar-refractivity contribution in [3.63, 3.8) is 0 Å². The number of benzene rings is 2. The highest BCUT2D eigenvalue weighted by atomic mass is 19.4. The van der Waals surface area contributed by atoms with E-state index in [1.54, 1.807) is 18.5 Å². The molecule has 0 spiro atoms. The molecule has 0 unspecified atom stereocenters. The van der Waals surface area contributed by atoms with E-state index in [0.29, 0.717) is 23.6 Å². The molecular weight excluding hydrogens is 435 g/mol. The monoisotopic (exact) mass is 457 g/mol. The van der Waals surface area contributed by atoms with Crippen molar-refractivity contribution < 1.29 is 27.8 Å². The summed E-state index contributed by atoms with van der Waals surface area (Å²) in [6, 6.07) is 10.6. The van der Waals surface area contributed by atoms with Gasteiger partial charge in [-0.1, -0.05) is 18.2 Å². The zero-order valence-electron chi connectivity index (χ0n) is 17.7. The van der Waals surface area contributed by atoms with E-state index in [0.717, 1.165) is 49.3 Å². The number of alkyl halides is 3. The van der Waals surface area contributed by atoms with Gasteiger partial charge >= 0.3 is 12.1 Å². The van der Waals surface area contributed by atoms with Gasteiger partial charge in [-0.15, -0.1) is 0 Å². The summed E-state index contributed by atoms with van der Waals surface area (Å²) >= 11 is 0.